The van der Waals surface area contributed by atoms with E-state index in [0.717, 1.165) is 0 Å². The Morgan fingerprint density at radius 1 is 0.619 bits per heavy atom. The molecule has 0 radical (unpaired) electrons. The summed E-state index contributed by atoms with van der Waals surface area (Å²) in [4.78, 5) is 0. The van der Waals surface area contributed by atoms with Crippen LogP contribution in [0.25, 0.3) is 0 Å². The molecule has 0 saturated carbocycles. The van der Waals surface area contributed by atoms with Crippen molar-refractivity contribution in [3.8, 4) is 0 Å². The Hall–Kier alpha value is -1.60. The van der Waals surface area contributed by atoms with E-state index in [2.05, 4.69) is 65.8 Å². The van der Waals surface area contributed by atoms with Gasteiger partial charge in [0.15, 0.2) is 0 Å². The molecule has 0 unspecified atom stereocenters. The molecule has 0 amide bonds. The average Bonchev–Trinajstić information content (AvgIpc) is 2.34. The van der Waals surface area contributed by atoms with Crippen LogP contribution in [0, 0.1) is 41.5 Å². The van der Waals surface area contributed by atoms with Gasteiger partial charge in [-0.25, -0.2) is 0 Å². The van der Waals surface area contributed by atoms with Crippen LogP contribution in [0.4, 0.5) is 0 Å². The molecule has 2 rings (SSSR count). The first-order valence-electron chi connectivity index (χ1n) is 7.53. The van der Waals surface area contributed by atoms with Crippen LogP contribution in [-0.2, 0) is 4.74 Å². The van der Waals surface area contributed by atoms with Crippen molar-refractivity contribution in [2.75, 3.05) is 7.11 Å². The number of hydrogen-bond acceptors (Lipinski definition) is 1. The number of ether oxygens (including phenoxy) is 1. The number of rotatable bonds is 3. The summed E-state index contributed by atoms with van der Waals surface area (Å²) >= 11 is 0. The highest BCUT2D eigenvalue weighted by molar-refractivity contribution is 5.48. The summed E-state index contributed by atoms with van der Waals surface area (Å²) < 4.78 is 5.93. The van der Waals surface area contributed by atoms with Crippen molar-refractivity contribution in [2.45, 2.75) is 47.6 Å². The van der Waals surface area contributed by atoms with Gasteiger partial charge < -0.3 is 4.74 Å². The van der Waals surface area contributed by atoms with Crippen molar-refractivity contribution in [3.05, 3.63) is 68.8 Å². The maximum Gasteiger partial charge on any atom is 0.108 e. The largest absolute Gasteiger partial charge is 0.372 e. The van der Waals surface area contributed by atoms with E-state index >= 15 is 0 Å². The number of aryl methyl sites for hydroxylation is 6. The van der Waals surface area contributed by atoms with Crippen LogP contribution in [0.15, 0.2) is 24.3 Å². The van der Waals surface area contributed by atoms with Gasteiger partial charge in [0, 0.05) is 7.11 Å². The van der Waals surface area contributed by atoms with Crippen molar-refractivity contribution >= 4 is 0 Å². The molecule has 0 heterocycles. The van der Waals surface area contributed by atoms with E-state index in [9.17, 15) is 0 Å². The summed E-state index contributed by atoms with van der Waals surface area (Å²) in [5.41, 5.74) is 10.4. The van der Waals surface area contributed by atoms with Crippen LogP contribution in [0.3, 0.4) is 0 Å². The van der Waals surface area contributed by atoms with Gasteiger partial charge in [0.25, 0.3) is 0 Å². The van der Waals surface area contributed by atoms with Gasteiger partial charge in [0.2, 0.25) is 0 Å². The maximum absolute atomic E-state index is 5.93. The number of benzene rings is 2. The SMILES string of the molecule is COC(c1c(C)cc(C)cc1C)c1c(C)cc(C)cc1C. The molecule has 1 nitrogen and oxygen atoms in total. The highest BCUT2D eigenvalue weighted by Crippen LogP contribution is 2.35. The number of methoxy groups -OCH3 is 1. The Morgan fingerprint density at radius 2 is 0.905 bits per heavy atom. The summed E-state index contributed by atoms with van der Waals surface area (Å²) in [5, 5.41) is 0. The standard InChI is InChI=1S/C20H26O/c1-12-8-14(3)18(15(4)9-12)20(21-7)19-16(5)10-13(2)11-17(19)6/h8-11,20H,1-7H3. The molecular formula is C20H26O. The molecule has 1 heteroatoms. The third kappa shape index (κ3) is 3.03. The minimum absolute atomic E-state index is 0.00574. The van der Waals surface area contributed by atoms with E-state index in [-0.39, 0.29) is 6.10 Å². The molecule has 112 valence electrons. The van der Waals surface area contributed by atoms with Gasteiger partial charge in [0.05, 0.1) is 0 Å². The summed E-state index contributed by atoms with van der Waals surface area (Å²) in [6.07, 6.45) is 0.00574. The molecule has 0 aliphatic carbocycles. The lowest BCUT2D eigenvalue weighted by molar-refractivity contribution is 0.134. The zero-order valence-electron chi connectivity index (χ0n) is 14.3. The Balaban J connectivity index is 2.66. The second-order valence-corrected chi connectivity index (χ2v) is 6.24. The second kappa shape index (κ2) is 6.03. The highest BCUT2D eigenvalue weighted by Gasteiger charge is 2.21. The zero-order chi connectivity index (χ0) is 15.7. The molecule has 0 atom stereocenters. The van der Waals surface area contributed by atoms with Gasteiger partial charge in [-0.3, -0.25) is 0 Å². The first-order chi connectivity index (χ1) is 9.85. The van der Waals surface area contributed by atoms with Crippen LogP contribution in [-0.4, -0.2) is 7.11 Å². The molecule has 0 N–H and O–H groups in total. The van der Waals surface area contributed by atoms with E-state index in [1.807, 2.05) is 7.11 Å². The molecule has 0 saturated heterocycles. The zero-order valence-corrected chi connectivity index (χ0v) is 14.3. The van der Waals surface area contributed by atoms with Gasteiger partial charge in [-0.2, -0.15) is 0 Å². The van der Waals surface area contributed by atoms with E-state index in [0.29, 0.717) is 0 Å². The predicted molar refractivity (Wildman–Crippen MR) is 90.2 cm³/mol. The van der Waals surface area contributed by atoms with Crippen LogP contribution in [0.1, 0.15) is 50.6 Å². The maximum atomic E-state index is 5.93. The minimum Gasteiger partial charge on any atom is -0.372 e. The quantitative estimate of drug-likeness (QED) is 0.745. The van der Waals surface area contributed by atoms with Crippen molar-refractivity contribution in [2.24, 2.45) is 0 Å². The van der Waals surface area contributed by atoms with Crippen LogP contribution in [0.2, 0.25) is 0 Å². The minimum atomic E-state index is 0.00574. The van der Waals surface area contributed by atoms with Crippen molar-refractivity contribution in [3.63, 3.8) is 0 Å². The van der Waals surface area contributed by atoms with Crippen molar-refractivity contribution in [1.29, 1.82) is 0 Å². The lowest BCUT2D eigenvalue weighted by Crippen LogP contribution is -2.11. The van der Waals surface area contributed by atoms with Crippen LogP contribution < -0.4 is 0 Å². The third-order valence-corrected chi connectivity index (χ3v) is 4.24. The monoisotopic (exact) mass is 282 g/mol. The van der Waals surface area contributed by atoms with E-state index in [4.69, 9.17) is 4.74 Å². The van der Waals surface area contributed by atoms with E-state index in [1.54, 1.807) is 0 Å². The molecule has 2 aromatic carbocycles. The van der Waals surface area contributed by atoms with E-state index < -0.39 is 0 Å². The Kier molecular flexibility index (Phi) is 4.53. The summed E-state index contributed by atoms with van der Waals surface area (Å²) in [7, 11) is 1.81. The summed E-state index contributed by atoms with van der Waals surface area (Å²) in [6.45, 7) is 13.0. The van der Waals surface area contributed by atoms with Gasteiger partial charge in [-0.15, -0.1) is 0 Å². The molecule has 21 heavy (non-hydrogen) atoms. The highest BCUT2D eigenvalue weighted by atomic mass is 16.5. The van der Waals surface area contributed by atoms with Crippen LogP contribution in [0.5, 0.6) is 0 Å². The molecule has 0 aliphatic heterocycles. The Labute approximate surface area is 129 Å². The molecule has 2 aromatic rings. The van der Waals surface area contributed by atoms with Gasteiger partial charge in [0.1, 0.15) is 6.10 Å². The third-order valence-electron chi connectivity index (χ3n) is 4.24. The van der Waals surface area contributed by atoms with Crippen molar-refractivity contribution in [1.82, 2.24) is 0 Å². The molecule has 0 aliphatic rings. The fraction of sp³-hybridized carbons (Fsp3) is 0.400. The topological polar surface area (TPSA) is 9.23 Å². The molecule has 0 fully saturated rings. The summed E-state index contributed by atoms with van der Waals surface area (Å²) in [6, 6.07) is 8.97. The fourth-order valence-corrected chi connectivity index (χ4v) is 3.59. The average molecular weight is 282 g/mol. The molecule has 0 aromatic heterocycles. The first kappa shape index (κ1) is 15.8. The first-order valence-corrected chi connectivity index (χ1v) is 7.53. The second-order valence-electron chi connectivity index (χ2n) is 6.24. The van der Waals surface area contributed by atoms with Gasteiger partial charge >= 0.3 is 0 Å². The summed E-state index contributed by atoms with van der Waals surface area (Å²) in [5.74, 6) is 0. The van der Waals surface area contributed by atoms with Crippen LogP contribution >= 0.6 is 0 Å². The van der Waals surface area contributed by atoms with Crippen molar-refractivity contribution < 1.29 is 4.74 Å². The van der Waals surface area contributed by atoms with Gasteiger partial charge in [-0.1, -0.05) is 35.4 Å². The normalized spacial score (nSPS) is 11.2. The Bertz CT molecular complexity index is 564. The molecular weight excluding hydrogens is 256 g/mol. The Morgan fingerprint density at radius 3 is 1.14 bits per heavy atom. The predicted octanol–water partition coefficient (Wildman–Crippen LogP) is 5.27. The van der Waals surface area contributed by atoms with E-state index in [1.165, 1.54) is 44.5 Å². The lowest BCUT2D eigenvalue weighted by Gasteiger charge is -2.25. The fourth-order valence-electron chi connectivity index (χ4n) is 3.59. The number of hydrogen-bond donors (Lipinski definition) is 0. The lowest BCUT2D eigenvalue weighted by atomic mass is 9.87. The molecule has 0 spiro atoms. The van der Waals surface area contributed by atoms with Gasteiger partial charge in [-0.05, 0) is 74.9 Å². The smallest absolute Gasteiger partial charge is 0.108 e. The molecule has 0 bridgehead atoms.